The summed E-state index contributed by atoms with van der Waals surface area (Å²) in [4.78, 5) is 28.0. The number of halogens is 1. The molecule has 1 N–H and O–H groups in total. The first-order chi connectivity index (χ1) is 15.9. The number of rotatable bonds is 4. The molecule has 6 nitrogen and oxygen atoms in total. The monoisotopic (exact) mass is 465 g/mol. The molecule has 1 aromatic heterocycles. The number of H-pyrrole nitrogens is 1. The Balaban J connectivity index is 1.30. The molecule has 1 amide bonds. The van der Waals surface area contributed by atoms with Crippen LogP contribution in [0.3, 0.4) is 0 Å². The van der Waals surface area contributed by atoms with Gasteiger partial charge in [-0.05, 0) is 76.2 Å². The first kappa shape index (κ1) is 22.2. The van der Waals surface area contributed by atoms with Crippen LogP contribution in [0.1, 0.15) is 24.8 Å². The molecule has 2 aliphatic heterocycles. The number of benzene rings is 2. The predicted molar refractivity (Wildman–Crippen MR) is 135 cm³/mol. The van der Waals surface area contributed by atoms with E-state index in [0.29, 0.717) is 17.0 Å². The number of nitrogens with one attached hydrogen (secondary N) is 1. The van der Waals surface area contributed by atoms with Crippen LogP contribution in [0, 0.1) is 12.8 Å². The number of anilines is 1. The highest BCUT2D eigenvalue weighted by Gasteiger charge is 2.33. The van der Waals surface area contributed by atoms with Crippen LogP contribution in [0.15, 0.2) is 36.4 Å². The van der Waals surface area contributed by atoms with Crippen molar-refractivity contribution in [1.29, 1.82) is 0 Å². The standard InChI is InChI=1S/C26H32ClN5O/c1-17-4-7-23-24(14-17)29-25(28-23)21-15-20(5-6-22(21)27)32-11-8-18(16-32)26(33)31-12-9-19(10-13-31)30(2)3/h4-7,14-15,18-19H,8-13,16H2,1-3H3,(H,28,29). The summed E-state index contributed by atoms with van der Waals surface area (Å²) in [5.41, 5.74) is 5.12. The minimum absolute atomic E-state index is 0.0641. The molecule has 1 atom stereocenters. The maximum absolute atomic E-state index is 13.2. The van der Waals surface area contributed by atoms with Crippen molar-refractivity contribution in [3.05, 3.63) is 47.0 Å². The minimum Gasteiger partial charge on any atom is -0.371 e. The summed E-state index contributed by atoms with van der Waals surface area (Å²) in [6.45, 7) is 5.45. The van der Waals surface area contributed by atoms with Crippen molar-refractivity contribution < 1.29 is 4.79 Å². The van der Waals surface area contributed by atoms with Crippen LogP contribution in [0.25, 0.3) is 22.4 Å². The molecule has 3 aromatic rings. The number of aromatic amines is 1. The lowest BCUT2D eigenvalue weighted by molar-refractivity contribution is -0.136. The van der Waals surface area contributed by atoms with Crippen molar-refractivity contribution >= 4 is 34.2 Å². The van der Waals surface area contributed by atoms with Gasteiger partial charge >= 0.3 is 0 Å². The summed E-state index contributed by atoms with van der Waals surface area (Å²) in [5.74, 6) is 1.16. The topological polar surface area (TPSA) is 55.5 Å². The van der Waals surface area contributed by atoms with Crippen LogP contribution >= 0.6 is 11.6 Å². The molecule has 0 saturated carbocycles. The number of imidazole rings is 1. The largest absolute Gasteiger partial charge is 0.371 e. The fraction of sp³-hybridized carbons (Fsp3) is 0.462. The fourth-order valence-electron chi connectivity index (χ4n) is 5.20. The van der Waals surface area contributed by atoms with Gasteiger partial charge in [0.25, 0.3) is 0 Å². The lowest BCUT2D eigenvalue weighted by atomic mass is 10.0. The Morgan fingerprint density at radius 3 is 2.64 bits per heavy atom. The molecule has 0 bridgehead atoms. The molecule has 7 heteroatoms. The van der Waals surface area contributed by atoms with E-state index in [9.17, 15) is 4.79 Å². The number of piperidine rings is 1. The second kappa shape index (κ2) is 8.99. The molecule has 1 unspecified atom stereocenters. The molecule has 0 aliphatic carbocycles. The van der Waals surface area contributed by atoms with E-state index >= 15 is 0 Å². The van der Waals surface area contributed by atoms with Crippen molar-refractivity contribution in [2.45, 2.75) is 32.2 Å². The number of hydrogen-bond donors (Lipinski definition) is 1. The SMILES string of the molecule is Cc1ccc2nc(-c3cc(N4CCC(C(=O)N5CCC(N(C)C)CC5)C4)ccc3Cl)[nH]c2c1. The average molecular weight is 466 g/mol. The summed E-state index contributed by atoms with van der Waals surface area (Å²) < 4.78 is 0. The normalized spacial score (nSPS) is 19.7. The molecule has 5 rings (SSSR count). The van der Waals surface area contributed by atoms with Crippen LogP contribution in [-0.4, -0.2) is 72.0 Å². The third-order valence-corrected chi connectivity index (χ3v) is 7.58. The molecule has 33 heavy (non-hydrogen) atoms. The molecule has 2 aromatic carbocycles. The van der Waals surface area contributed by atoms with Crippen LogP contribution < -0.4 is 4.90 Å². The summed E-state index contributed by atoms with van der Waals surface area (Å²) in [6.07, 6.45) is 3.02. The Morgan fingerprint density at radius 2 is 1.88 bits per heavy atom. The van der Waals surface area contributed by atoms with Gasteiger partial charge in [-0.25, -0.2) is 4.98 Å². The van der Waals surface area contributed by atoms with Gasteiger partial charge in [0.1, 0.15) is 5.82 Å². The van der Waals surface area contributed by atoms with Gasteiger partial charge in [-0.1, -0.05) is 17.7 Å². The van der Waals surface area contributed by atoms with E-state index in [0.717, 1.165) is 73.6 Å². The van der Waals surface area contributed by atoms with Gasteiger partial charge in [0.2, 0.25) is 5.91 Å². The maximum atomic E-state index is 13.2. The van der Waals surface area contributed by atoms with Crippen LogP contribution in [0.2, 0.25) is 5.02 Å². The number of aryl methyl sites for hydroxylation is 1. The number of carbonyl (C=O) groups excluding carboxylic acids is 1. The molecule has 0 spiro atoms. The molecular formula is C26H32ClN5O. The lowest BCUT2D eigenvalue weighted by Gasteiger charge is -2.36. The maximum Gasteiger partial charge on any atom is 0.227 e. The lowest BCUT2D eigenvalue weighted by Crippen LogP contribution is -2.46. The molecule has 3 heterocycles. The highest BCUT2D eigenvalue weighted by Crippen LogP contribution is 2.34. The van der Waals surface area contributed by atoms with E-state index in [2.05, 4.69) is 58.9 Å². The van der Waals surface area contributed by atoms with Crippen molar-refractivity contribution in [2.24, 2.45) is 5.92 Å². The zero-order chi connectivity index (χ0) is 23.1. The molecule has 2 aliphatic rings. The van der Waals surface area contributed by atoms with Crippen LogP contribution in [0.4, 0.5) is 5.69 Å². The molecule has 174 valence electrons. The van der Waals surface area contributed by atoms with Crippen molar-refractivity contribution in [2.75, 3.05) is 45.2 Å². The highest BCUT2D eigenvalue weighted by molar-refractivity contribution is 6.33. The zero-order valence-corrected chi connectivity index (χ0v) is 20.4. The van der Waals surface area contributed by atoms with Crippen LogP contribution in [-0.2, 0) is 4.79 Å². The highest BCUT2D eigenvalue weighted by atomic mass is 35.5. The fourth-order valence-corrected chi connectivity index (χ4v) is 5.41. The Bertz CT molecular complexity index is 1160. The molecule has 2 fully saturated rings. The summed E-state index contributed by atoms with van der Waals surface area (Å²) in [5, 5.41) is 0.671. The van der Waals surface area contributed by atoms with Gasteiger partial charge in [0, 0.05) is 43.5 Å². The van der Waals surface area contributed by atoms with Crippen LogP contribution in [0.5, 0.6) is 0 Å². The number of amides is 1. The molecule has 2 saturated heterocycles. The van der Waals surface area contributed by atoms with E-state index < -0.39 is 0 Å². The number of hydrogen-bond acceptors (Lipinski definition) is 4. The zero-order valence-electron chi connectivity index (χ0n) is 19.6. The minimum atomic E-state index is 0.0641. The van der Waals surface area contributed by atoms with E-state index in [1.165, 1.54) is 5.56 Å². The van der Waals surface area contributed by atoms with Gasteiger partial charge < -0.3 is 19.7 Å². The van der Waals surface area contributed by atoms with Crippen molar-refractivity contribution in [3.8, 4) is 11.4 Å². The Kier molecular flexibility index (Phi) is 6.06. The Morgan fingerprint density at radius 1 is 1.09 bits per heavy atom. The van der Waals surface area contributed by atoms with Crippen molar-refractivity contribution in [1.82, 2.24) is 19.8 Å². The molecule has 0 radical (unpaired) electrons. The smallest absolute Gasteiger partial charge is 0.227 e. The predicted octanol–water partition coefficient (Wildman–Crippen LogP) is 4.57. The van der Waals surface area contributed by atoms with E-state index in [1.807, 2.05) is 18.2 Å². The second-order valence-electron chi connectivity index (χ2n) is 9.72. The quantitative estimate of drug-likeness (QED) is 0.613. The number of carbonyl (C=O) groups is 1. The van der Waals surface area contributed by atoms with E-state index in [-0.39, 0.29) is 5.92 Å². The first-order valence-corrected chi connectivity index (χ1v) is 12.2. The molecular weight excluding hydrogens is 434 g/mol. The Labute approximate surface area is 200 Å². The number of fused-ring (bicyclic) bond motifs is 1. The summed E-state index contributed by atoms with van der Waals surface area (Å²) >= 11 is 6.57. The van der Waals surface area contributed by atoms with Gasteiger partial charge in [-0.3, -0.25) is 4.79 Å². The number of nitrogens with zero attached hydrogens (tertiary/aromatic N) is 4. The third kappa shape index (κ3) is 4.46. The van der Waals surface area contributed by atoms with Gasteiger partial charge in [0.15, 0.2) is 0 Å². The van der Waals surface area contributed by atoms with Crippen molar-refractivity contribution in [3.63, 3.8) is 0 Å². The van der Waals surface area contributed by atoms with E-state index in [1.54, 1.807) is 0 Å². The van der Waals surface area contributed by atoms with E-state index in [4.69, 9.17) is 16.6 Å². The Hall–Kier alpha value is -2.57. The average Bonchev–Trinajstić information content (AvgIpc) is 3.46. The second-order valence-corrected chi connectivity index (χ2v) is 10.1. The number of aromatic nitrogens is 2. The first-order valence-electron chi connectivity index (χ1n) is 11.9. The summed E-state index contributed by atoms with van der Waals surface area (Å²) in [6, 6.07) is 12.9. The summed E-state index contributed by atoms with van der Waals surface area (Å²) in [7, 11) is 4.26. The van der Waals surface area contributed by atoms with Gasteiger partial charge in [-0.2, -0.15) is 0 Å². The third-order valence-electron chi connectivity index (χ3n) is 7.25. The van der Waals surface area contributed by atoms with Gasteiger partial charge in [-0.15, -0.1) is 0 Å². The number of likely N-dealkylation sites (tertiary alicyclic amines) is 1. The van der Waals surface area contributed by atoms with Gasteiger partial charge in [0.05, 0.1) is 22.0 Å².